The standard InChI is InChI=1S/C17H29N3O/c1-2-3-4-5-6-7-8-9-11-15-19-17(21)20-16-13-10-12-14-18-16/h10,12-14H,2-9,11,15H2,1H3,(H2,18,19,20,21). The lowest BCUT2D eigenvalue weighted by molar-refractivity contribution is 0.252. The van der Waals surface area contributed by atoms with Crippen molar-refractivity contribution in [3.8, 4) is 0 Å². The van der Waals surface area contributed by atoms with Crippen LogP contribution < -0.4 is 10.6 Å². The van der Waals surface area contributed by atoms with Crippen molar-refractivity contribution in [1.29, 1.82) is 0 Å². The van der Waals surface area contributed by atoms with Crippen molar-refractivity contribution in [2.45, 2.75) is 64.7 Å². The van der Waals surface area contributed by atoms with Crippen LogP contribution in [0.4, 0.5) is 10.6 Å². The average molecular weight is 291 g/mol. The zero-order valence-corrected chi connectivity index (χ0v) is 13.2. The number of amides is 2. The lowest BCUT2D eigenvalue weighted by Gasteiger charge is -2.06. The largest absolute Gasteiger partial charge is 0.338 e. The van der Waals surface area contributed by atoms with E-state index in [1.807, 2.05) is 12.1 Å². The number of pyridine rings is 1. The van der Waals surface area contributed by atoms with E-state index in [1.54, 1.807) is 12.3 Å². The first-order valence-electron chi connectivity index (χ1n) is 8.29. The van der Waals surface area contributed by atoms with E-state index in [-0.39, 0.29) is 6.03 Å². The van der Waals surface area contributed by atoms with Crippen LogP contribution >= 0.6 is 0 Å². The Morgan fingerprint density at radius 2 is 1.67 bits per heavy atom. The summed E-state index contributed by atoms with van der Waals surface area (Å²) >= 11 is 0. The topological polar surface area (TPSA) is 54.0 Å². The number of hydrogen-bond donors (Lipinski definition) is 2. The SMILES string of the molecule is CCCCCCCCCCCNC(=O)Nc1ccccn1. The lowest BCUT2D eigenvalue weighted by Crippen LogP contribution is -2.29. The van der Waals surface area contributed by atoms with Gasteiger partial charge in [-0.25, -0.2) is 9.78 Å². The van der Waals surface area contributed by atoms with Gasteiger partial charge in [-0.15, -0.1) is 0 Å². The van der Waals surface area contributed by atoms with Gasteiger partial charge in [0.1, 0.15) is 5.82 Å². The van der Waals surface area contributed by atoms with Crippen LogP contribution in [0.25, 0.3) is 0 Å². The minimum atomic E-state index is -0.173. The molecule has 0 aliphatic heterocycles. The molecule has 0 unspecified atom stereocenters. The number of unbranched alkanes of at least 4 members (excludes halogenated alkanes) is 8. The van der Waals surface area contributed by atoms with E-state index in [0.29, 0.717) is 5.82 Å². The number of carbonyl (C=O) groups is 1. The molecule has 0 saturated carbocycles. The molecular formula is C17H29N3O. The number of carbonyl (C=O) groups excluding carboxylic acids is 1. The smallest absolute Gasteiger partial charge is 0.320 e. The van der Waals surface area contributed by atoms with Crippen LogP contribution in [-0.2, 0) is 0 Å². The number of anilines is 1. The van der Waals surface area contributed by atoms with E-state index in [9.17, 15) is 4.79 Å². The molecule has 2 N–H and O–H groups in total. The normalized spacial score (nSPS) is 10.3. The first-order chi connectivity index (χ1) is 10.3. The highest BCUT2D eigenvalue weighted by atomic mass is 16.2. The Labute approximate surface area is 128 Å². The van der Waals surface area contributed by atoms with Gasteiger partial charge in [-0.2, -0.15) is 0 Å². The molecule has 0 radical (unpaired) electrons. The molecule has 1 rings (SSSR count). The first kappa shape index (κ1) is 17.5. The fourth-order valence-corrected chi connectivity index (χ4v) is 2.23. The van der Waals surface area contributed by atoms with Crippen molar-refractivity contribution < 1.29 is 4.79 Å². The van der Waals surface area contributed by atoms with Crippen molar-refractivity contribution in [3.05, 3.63) is 24.4 Å². The summed E-state index contributed by atoms with van der Waals surface area (Å²) in [6, 6.07) is 5.28. The monoisotopic (exact) mass is 291 g/mol. The van der Waals surface area contributed by atoms with Crippen LogP contribution in [-0.4, -0.2) is 17.6 Å². The van der Waals surface area contributed by atoms with Crippen molar-refractivity contribution >= 4 is 11.8 Å². The molecule has 1 aromatic rings. The Morgan fingerprint density at radius 1 is 1.00 bits per heavy atom. The molecule has 0 bridgehead atoms. The van der Waals surface area contributed by atoms with Gasteiger partial charge in [-0.1, -0.05) is 64.4 Å². The molecule has 4 nitrogen and oxygen atoms in total. The lowest BCUT2D eigenvalue weighted by atomic mass is 10.1. The van der Waals surface area contributed by atoms with Crippen LogP contribution in [0, 0.1) is 0 Å². The maximum Gasteiger partial charge on any atom is 0.320 e. The van der Waals surface area contributed by atoms with Gasteiger partial charge in [0.15, 0.2) is 0 Å². The number of hydrogen-bond acceptors (Lipinski definition) is 2. The Morgan fingerprint density at radius 3 is 2.29 bits per heavy atom. The van der Waals surface area contributed by atoms with Gasteiger partial charge >= 0.3 is 6.03 Å². The number of nitrogens with one attached hydrogen (secondary N) is 2. The van der Waals surface area contributed by atoms with Crippen molar-refractivity contribution in [2.24, 2.45) is 0 Å². The molecule has 1 aromatic heterocycles. The third kappa shape index (κ3) is 9.88. The van der Waals surface area contributed by atoms with E-state index in [4.69, 9.17) is 0 Å². The Bertz CT molecular complexity index is 368. The number of rotatable bonds is 11. The molecule has 0 aromatic carbocycles. The predicted molar refractivity (Wildman–Crippen MR) is 88.5 cm³/mol. The molecule has 0 aliphatic carbocycles. The molecule has 118 valence electrons. The zero-order chi connectivity index (χ0) is 15.2. The van der Waals surface area contributed by atoms with Gasteiger partial charge in [0.25, 0.3) is 0 Å². The quantitative estimate of drug-likeness (QED) is 0.579. The van der Waals surface area contributed by atoms with Gasteiger partial charge in [0.05, 0.1) is 0 Å². The highest BCUT2D eigenvalue weighted by Crippen LogP contribution is 2.09. The van der Waals surface area contributed by atoms with Gasteiger partial charge in [0, 0.05) is 12.7 Å². The molecule has 21 heavy (non-hydrogen) atoms. The second-order valence-electron chi connectivity index (χ2n) is 5.42. The maximum absolute atomic E-state index is 11.6. The molecule has 0 fully saturated rings. The number of aromatic nitrogens is 1. The van der Waals surface area contributed by atoms with E-state index in [0.717, 1.165) is 13.0 Å². The summed E-state index contributed by atoms with van der Waals surface area (Å²) < 4.78 is 0. The molecular weight excluding hydrogens is 262 g/mol. The van der Waals surface area contributed by atoms with E-state index in [2.05, 4.69) is 22.5 Å². The van der Waals surface area contributed by atoms with Crippen LogP contribution in [0.3, 0.4) is 0 Å². The summed E-state index contributed by atoms with van der Waals surface area (Å²) in [5.74, 6) is 0.585. The summed E-state index contributed by atoms with van der Waals surface area (Å²) in [5.41, 5.74) is 0. The first-order valence-corrected chi connectivity index (χ1v) is 8.29. The van der Waals surface area contributed by atoms with Gasteiger partial charge in [-0.05, 0) is 18.6 Å². The fourth-order valence-electron chi connectivity index (χ4n) is 2.23. The van der Waals surface area contributed by atoms with Crippen LogP contribution in [0.5, 0.6) is 0 Å². The Balaban J connectivity index is 1.89. The third-order valence-electron chi connectivity index (χ3n) is 3.47. The predicted octanol–water partition coefficient (Wildman–Crippen LogP) is 4.73. The molecule has 0 saturated heterocycles. The second-order valence-corrected chi connectivity index (χ2v) is 5.42. The minimum absolute atomic E-state index is 0.173. The average Bonchev–Trinajstić information content (AvgIpc) is 2.50. The van der Waals surface area contributed by atoms with Crippen LogP contribution in [0.2, 0.25) is 0 Å². The Kier molecular flexibility index (Phi) is 10.1. The van der Waals surface area contributed by atoms with Gasteiger partial charge < -0.3 is 5.32 Å². The van der Waals surface area contributed by atoms with Crippen LogP contribution in [0.15, 0.2) is 24.4 Å². The third-order valence-corrected chi connectivity index (χ3v) is 3.47. The van der Waals surface area contributed by atoms with E-state index < -0.39 is 0 Å². The number of urea groups is 1. The van der Waals surface area contributed by atoms with Crippen molar-refractivity contribution in [2.75, 3.05) is 11.9 Å². The summed E-state index contributed by atoms with van der Waals surface area (Å²) in [6.45, 7) is 2.98. The fraction of sp³-hybridized carbons (Fsp3) is 0.647. The summed E-state index contributed by atoms with van der Waals surface area (Å²) in [7, 11) is 0. The van der Waals surface area contributed by atoms with Crippen molar-refractivity contribution in [3.63, 3.8) is 0 Å². The van der Waals surface area contributed by atoms with Gasteiger partial charge in [0.2, 0.25) is 0 Å². The van der Waals surface area contributed by atoms with E-state index in [1.165, 1.54) is 51.4 Å². The maximum atomic E-state index is 11.6. The van der Waals surface area contributed by atoms with Crippen LogP contribution in [0.1, 0.15) is 64.7 Å². The summed E-state index contributed by atoms with van der Waals surface area (Å²) in [5, 5.41) is 5.57. The zero-order valence-electron chi connectivity index (χ0n) is 13.2. The highest BCUT2D eigenvalue weighted by Gasteiger charge is 2.00. The molecule has 0 spiro atoms. The van der Waals surface area contributed by atoms with E-state index >= 15 is 0 Å². The highest BCUT2D eigenvalue weighted by molar-refractivity contribution is 5.88. The minimum Gasteiger partial charge on any atom is -0.338 e. The summed E-state index contributed by atoms with van der Waals surface area (Å²) in [6.07, 6.45) is 13.3. The molecule has 0 aliphatic rings. The molecule has 1 heterocycles. The Hall–Kier alpha value is -1.58. The summed E-state index contributed by atoms with van der Waals surface area (Å²) in [4.78, 5) is 15.6. The number of nitrogens with zero attached hydrogens (tertiary/aromatic N) is 1. The van der Waals surface area contributed by atoms with Crippen molar-refractivity contribution in [1.82, 2.24) is 10.3 Å². The van der Waals surface area contributed by atoms with Gasteiger partial charge in [-0.3, -0.25) is 5.32 Å². The second kappa shape index (κ2) is 12.2. The molecule has 2 amide bonds. The molecule has 0 atom stereocenters. The molecule has 4 heteroatoms.